The average Bonchev–Trinajstić information content (AvgIpc) is 2.55. The summed E-state index contributed by atoms with van der Waals surface area (Å²) in [7, 11) is 1.41. The minimum atomic E-state index is -0.285. The zero-order valence-electron chi connectivity index (χ0n) is 12.0. The molecule has 21 heavy (non-hydrogen) atoms. The summed E-state index contributed by atoms with van der Waals surface area (Å²) < 4.78 is 4.76. The number of allylic oxidation sites excluding steroid dienone is 1. The van der Waals surface area contributed by atoms with E-state index in [2.05, 4.69) is 23.2 Å². The van der Waals surface area contributed by atoms with Crippen molar-refractivity contribution in [1.29, 1.82) is 0 Å². The van der Waals surface area contributed by atoms with Crippen LogP contribution in [-0.2, 0) is 16.0 Å². The second kappa shape index (κ2) is 5.92. The van der Waals surface area contributed by atoms with Crippen molar-refractivity contribution < 1.29 is 9.53 Å². The third kappa shape index (κ3) is 2.87. The molecule has 0 amide bonds. The molecule has 0 unspecified atom stereocenters. The fraction of sp³-hybridized carbons (Fsp3) is 0.222. The fourth-order valence-corrected chi connectivity index (χ4v) is 2.77. The molecule has 0 saturated carbocycles. The normalized spacial score (nSPS) is 15.6. The average molecular weight is 279 g/mol. The molecular weight excluding hydrogens is 262 g/mol. The van der Waals surface area contributed by atoms with Gasteiger partial charge in [0.1, 0.15) is 0 Å². The molecule has 1 aromatic carbocycles. The standard InChI is InChI=1S/C18H17NO2/c1-21-18(20)12-16-4-2-3-14-5-6-15(11-17(14)16)13-7-9-19-10-8-13/h5-12H,2-4H2,1H3/b16-12+. The minimum absolute atomic E-state index is 0.285. The van der Waals surface area contributed by atoms with Crippen molar-refractivity contribution in [2.75, 3.05) is 7.11 Å². The molecule has 0 saturated heterocycles. The summed E-state index contributed by atoms with van der Waals surface area (Å²) in [4.78, 5) is 15.6. The molecule has 1 aliphatic rings. The molecule has 0 aliphatic heterocycles. The lowest BCUT2D eigenvalue weighted by molar-refractivity contribution is -0.134. The number of hydrogen-bond donors (Lipinski definition) is 0. The van der Waals surface area contributed by atoms with E-state index < -0.39 is 0 Å². The monoisotopic (exact) mass is 279 g/mol. The highest BCUT2D eigenvalue weighted by Gasteiger charge is 2.16. The molecule has 2 aromatic rings. The van der Waals surface area contributed by atoms with Gasteiger partial charge < -0.3 is 4.74 Å². The van der Waals surface area contributed by atoms with E-state index in [9.17, 15) is 4.79 Å². The summed E-state index contributed by atoms with van der Waals surface area (Å²) >= 11 is 0. The van der Waals surface area contributed by atoms with Gasteiger partial charge in [-0.2, -0.15) is 0 Å². The third-order valence-electron chi connectivity index (χ3n) is 3.85. The highest BCUT2D eigenvalue weighted by atomic mass is 16.5. The summed E-state index contributed by atoms with van der Waals surface area (Å²) in [6, 6.07) is 10.5. The van der Waals surface area contributed by atoms with E-state index in [1.807, 2.05) is 12.1 Å². The van der Waals surface area contributed by atoms with Crippen molar-refractivity contribution in [3.63, 3.8) is 0 Å². The van der Waals surface area contributed by atoms with Gasteiger partial charge in [0.05, 0.1) is 7.11 Å². The number of methoxy groups -OCH3 is 1. The number of ether oxygens (including phenoxy) is 1. The number of hydrogen-bond acceptors (Lipinski definition) is 3. The van der Waals surface area contributed by atoms with E-state index in [0.717, 1.165) is 36.0 Å². The van der Waals surface area contributed by atoms with Crippen LogP contribution in [0.5, 0.6) is 0 Å². The first-order valence-electron chi connectivity index (χ1n) is 7.10. The van der Waals surface area contributed by atoms with Crippen LogP contribution in [0.3, 0.4) is 0 Å². The lowest BCUT2D eigenvalue weighted by Gasteiger charge is -2.20. The number of esters is 1. The Morgan fingerprint density at radius 1 is 1.14 bits per heavy atom. The maximum absolute atomic E-state index is 11.5. The van der Waals surface area contributed by atoms with E-state index in [4.69, 9.17) is 4.74 Å². The zero-order valence-corrected chi connectivity index (χ0v) is 12.0. The van der Waals surface area contributed by atoms with Crippen LogP contribution in [0.15, 0.2) is 48.8 Å². The summed E-state index contributed by atoms with van der Waals surface area (Å²) in [5, 5.41) is 0. The molecule has 3 rings (SSSR count). The van der Waals surface area contributed by atoms with Crippen LogP contribution in [0, 0.1) is 0 Å². The summed E-state index contributed by atoms with van der Waals surface area (Å²) in [5.74, 6) is -0.285. The van der Waals surface area contributed by atoms with Gasteiger partial charge in [0.2, 0.25) is 0 Å². The molecule has 1 aromatic heterocycles. The lowest BCUT2D eigenvalue weighted by Crippen LogP contribution is -2.05. The number of aromatic nitrogens is 1. The molecule has 0 fully saturated rings. The van der Waals surface area contributed by atoms with Gasteiger partial charge in [0.25, 0.3) is 0 Å². The SMILES string of the molecule is COC(=O)/C=C1\CCCc2ccc(-c3ccncc3)cc21. The Morgan fingerprint density at radius 3 is 2.71 bits per heavy atom. The molecule has 0 spiro atoms. The number of carbonyl (C=O) groups is 1. The Morgan fingerprint density at radius 2 is 1.95 bits per heavy atom. The van der Waals surface area contributed by atoms with Crippen molar-refractivity contribution in [3.8, 4) is 11.1 Å². The second-order valence-corrected chi connectivity index (χ2v) is 5.15. The molecule has 0 N–H and O–H groups in total. The minimum Gasteiger partial charge on any atom is -0.466 e. The molecule has 3 nitrogen and oxygen atoms in total. The first-order valence-corrected chi connectivity index (χ1v) is 7.10. The second-order valence-electron chi connectivity index (χ2n) is 5.15. The van der Waals surface area contributed by atoms with Crippen LogP contribution in [0.4, 0.5) is 0 Å². The highest BCUT2D eigenvalue weighted by molar-refractivity contribution is 5.92. The first kappa shape index (κ1) is 13.6. The Balaban J connectivity index is 2.05. The zero-order chi connectivity index (χ0) is 14.7. The summed E-state index contributed by atoms with van der Waals surface area (Å²) in [5.41, 5.74) is 5.82. The van der Waals surface area contributed by atoms with Gasteiger partial charge in [-0.25, -0.2) is 4.79 Å². The predicted molar refractivity (Wildman–Crippen MR) is 82.6 cm³/mol. The van der Waals surface area contributed by atoms with Gasteiger partial charge in [-0.15, -0.1) is 0 Å². The first-order chi connectivity index (χ1) is 10.3. The van der Waals surface area contributed by atoms with E-state index >= 15 is 0 Å². The molecule has 3 heteroatoms. The van der Waals surface area contributed by atoms with Crippen molar-refractivity contribution in [2.45, 2.75) is 19.3 Å². The maximum Gasteiger partial charge on any atom is 0.330 e. The van der Waals surface area contributed by atoms with Gasteiger partial charge in [0, 0.05) is 18.5 Å². The van der Waals surface area contributed by atoms with Gasteiger partial charge in [-0.1, -0.05) is 12.1 Å². The van der Waals surface area contributed by atoms with Crippen LogP contribution in [-0.4, -0.2) is 18.1 Å². The maximum atomic E-state index is 11.5. The Kier molecular flexibility index (Phi) is 3.82. The van der Waals surface area contributed by atoms with Crippen LogP contribution < -0.4 is 0 Å². The topological polar surface area (TPSA) is 39.2 Å². The van der Waals surface area contributed by atoms with Crippen molar-refractivity contribution >= 4 is 11.5 Å². The number of pyridine rings is 1. The number of benzene rings is 1. The van der Waals surface area contributed by atoms with E-state index in [0.29, 0.717) is 0 Å². The molecule has 0 atom stereocenters. The van der Waals surface area contributed by atoms with E-state index in [1.165, 1.54) is 18.2 Å². The smallest absolute Gasteiger partial charge is 0.330 e. The predicted octanol–water partition coefficient (Wildman–Crippen LogP) is 3.64. The molecule has 1 aliphatic carbocycles. The van der Waals surface area contributed by atoms with Crippen molar-refractivity contribution in [1.82, 2.24) is 4.98 Å². The third-order valence-corrected chi connectivity index (χ3v) is 3.85. The largest absolute Gasteiger partial charge is 0.466 e. The molecule has 106 valence electrons. The molecule has 1 heterocycles. The van der Waals surface area contributed by atoms with Crippen LogP contribution in [0.1, 0.15) is 24.0 Å². The number of nitrogens with zero attached hydrogens (tertiary/aromatic N) is 1. The molecular formula is C18H17NO2. The Labute approximate surface area is 124 Å². The summed E-state index contributed by atoms with van der Waals surface area (Å²) in [6.07, 6.45) is 8.26. The molecule has 0 radical (unpaired) electrons. The van der Waals surface area contributed by atoms with Crippen LogP contribution >= 0.6 is 0 Å². The Bertz CT molecular complexity index is 690. The molecule has 0 bridgehead atoms. The van der Waals surface area contributed by atoms with Crippen molar-refractivity contribution in [3.05, 3.63) is 59.9 Å². The summed E-state index contributed by atoms with van der Waals surface area (Å²) in [6.45, 7) is 0. The number of fused-ring (bicyclic) bond motifs is 1. The Hall–Kier alpha value is -2.42. The lowest BCUT2D eigenvalue weighted by atomic mass is 9.85. The number of aryl methyl sites for hydroxylation is 1. The van der Waals surface area contributed by atoms with Gasteiger partial charge in [0.15, 0.2) is 0 Å². The van der Waals surface area contributed by atoms with Crippen LogP contribution in [0.2, 0.25) is 0 Å². The van der Waals surface area contributed by atoms with Gasteiger partial charge >= 0.3 is 5.97 Å². The van der Waals surface area contributed by atoms with E-state index in [-0.39, 0.29) is 5.97 Å². The van der Waals surface area contributed by atoms with Crippen molar-refractivity contribution in [2.24, 2.45) is 0 Å². The van der Waals surface area contributed by atoms with Crippen LogP contribution in [0.25, 0.3) is 16.7 Å². The van der Waals surface area contributed by atoms with Gasteiger partial charge in [-0.05, 0) is 65.3 Å². The number of rotatable bonds is 2. The number of carbonyl (C=O) groups excluding carboxylic acids is 1. The fourth-order valence-electron chi connectivity index (χ4n) is 2.77. The highest BCUT2D eigenvalue weighted by Crippen LogP contribution is 2.33. The quantitative estimate of drug-likeness (QED) is 0.622. The van der Waals surface area contributed by atoms with Gasteiger partial charge in [-0.3, -0.25) is 4.98 Å². The van der Waals surface area contributed by atoms with E-state index in [1.54, 1.807) is 18.5 Å².